The summed E-state index contributed by atoms with van der Waals surface area (Å²) in [4.78, 5) is 11.9. The van der Waals surface area contributed by atoms with Gasteiger partial charge in [0.2, 0.25) is 0 Å². The number of benzene rings is 2. The van der Waals surface area contributed by atoms with E-state index in [2.05, 4.69) is 21.2 Å². The fourth-order valence-corrected chi connectivity index (χ4v) is 1.96. The van der Waals surface area contributed by atoms with Gasteiger partial charge in [-0.15, -0.1) is 0 Å². The van der Waals surface area contributed by atoms with Crippen molar-refractivity contribution in [3.8, 4) is 5.75 Å². The van der Waals surface area contributed by atoms with Crippen LogP contribution in [0.25, 0.3) is 0 Å². The Hall–Kier alpha value is -2.02. The van der Waals surface area contributed by atoms with Gasteiger partial charge in [0.1, 0.15) is 23.2 Å². The SMILES string of the molecule is COc1ccc(C(=O)Nc2cc(Br)c(F)cc2F)c(F)c1. The smallest absolute Gasteiger partial charge is 0.258 e. The van der Waals surface area contributed by atoms with E-state index in [9.17, 15) is 18.0 Å². The van der Waals surface area contributed by atoms with Gasteiger partial charge in [0.15, 0.2) is 0 Å². The number of hydrogen-bond acceptors (Lipinski definition) is 2. The molecule has 0 aliphatic carbocycles. The van der Waals surface area contributed by atoms with Gasteiger partial charge in [0.25, 0.3) is 5.91 Å². The van der Waals surface area contributed by atoms with Gasteiger partial charge in [-0.3, -0.25) is 4.79 Å². The molecule has 0 radical (unpaired) electrons. The molecule has 0 saturated carbocycles. The number of nitrogens with one attached hydrogen (secondary N) is 1. The monoisotopic (exact) mass is 359 g/mol. The zero-order chi connectivity index (χ0) is 15.6. The van der Waals surface area contributed by atoms with Gasteiger partial charge < -0.3 is 10.1 Å². The van der Waals surface area contributed by atoms with Crippen molar-refractivity contribution in [1.29, 1.82) is 0 Å². The molecule has 0 fully saturated rings. The highest BCUT2D eigenvalue weighted by Crippen LogP contribution is 2.25. The summed E-state index contributed by atoms with van der Waals surface area (Å²) in [6.45, 7) is 0. The van der Waals surface area contributed by atoms with E-state index in [1.807, 2.05) is 0 Å². The minimum atomic E-state index is -0.960. The fraction of sp³-hybridized carbons (Fsp3) is 0.0714. The van der Waals surface area contributed by atoms with Crippen LogP contribution in [0.4, 0.5) is 18.9 Å². The predicted octanol–water partition coefficient (Wildman–Crippen LogP) is 4.13. The van der Waals surface area contributed by atoms with Gasteiger partial charge in [-0.1, -0.05) is 0 Å². The summed E-state index contributed by atoms with van der Waals surface area (Å²) < 4.78 is 45.2. The van der Waals surface area contributed by atoms with E-state index in [4.69, 9.17) is 4.74 Å². The highest BCUT2D eigenvalue weighted by Gasteiger charge is 2.16. The van der Waals surface area contributed by atoms with Crippen molar-refractivity contribution >= 4 is 27.5 Å². The number of ether oxygens (including phenoxy) is 1. The van der Waals surface area contributed by atoms with Gasteiger partial charge in [0, 0.05) is 12.1 Å². The Balaban J connectivity index is 2.28. The molecule has 0 bridgehead atoms. The molecular formula is C14H9BrF3NO2. The molecule has 21 heavy (non-hydrogen) atoms. The molecule has 2 aromatic carbocycles. The summed E-state index contributed by atoms with van der Waals surface area (Å²) in [5.41, 5.74) is -0.542. The second-order valence-corrected chi connectivity index (χ2v) is 4.90. The summed E-state index contributed by atoms with van der Waals surface area (Å²) in [6.07, 6.45) is 0. The van der Waals surface area contributed by atoms with Gasteiger partial charge >= 0.3 is 0 Å². The van der Waals surface area contributed by atoms with Crippen molar-refractivity contribution in [1.82, 2.24) is 0 Å². The number of methoxy groups -OCH3 is 1. The predicted molar refractivity (Wildman–Crippen MR) is 75.0 cm³/mol. The number of anilines is 1. The Kier molecular flexibility index (Phi) is 4.52. The van der Waals surface area contributed by atoms with Gasteiger partial charge in [-0.25, -0.2) is 13.2 Å². The Labute approximate surface area is 126 Å². The van der Waals surface area contributed by atoms with Crippen molar-refractivity contribution in [3.63, 3.8) is 0 Å². The number of amides is 1. The molecule has 0 aliphatic rings. The van der Waals surface area contributed by atoms with Gasteiger partial charge in [-0.05, 0) is 34.1 Å². The zero-order valence-electron chi connectivity index (χ0n) is 10.7. The third-order valence-corrected chi connectivity index (χ3v) is 3.29. The molecular weight excluding hydrogens is 351 g/mol. The van der Waals surface area contributed by atoms with Crippen LogP contribution in [0.2, 0.25) is 0 Å². The maximum atomic E-state index is 13.7. The molecule has 0 unspecified atom stereocenters. The van der Waals surface area contributed by atoms with Crippen LogP contribution in [-0.2, 0) is 0 Å². The number of carbonyl (C=O) groups excluding carboxylic acids is 1. The second kappa shape index (κ2) is 6.17. The van der Waals surface area contributed by atoms with Crippen molar-refractivity contribution in [2.75, 3.05) is 12.4 Å². The first-order valence-corrected chi connectivity index (χ1v) is 6.51. The van der Waals surface area contributed by atoms with E-state index >= 15 is 0 Å². The Morgan fingerprint density at radius 1 is 1.10 bits per heavy atom. The average Bonchev–Trinajstić information content (AvgIpc) is 2.44. The molecule has 2 rings (SSSR count). The van der Waals surface area contributed by atoms with E-state index in [1.165, 1.54) is 19.2 Å². The molecule has 0 heterocycles. The lowest BCUT2D eigenvalue weighted by molar-refractivity contribution is 0.102. The van der Waals surface area contributed by atoms with Crippen LogP contribution >= 0.6 is 15.9 Å². The molecule has 2 aromatic rings. The highest BCUT2D eigenvalue weighted by molar-refractivity contribution is 9.10. The molecule has 110 valence electrons. The molecule has 0 atom stereocenters. The van der Waals surface area contributed by atoms with E-state index in [1.54, 1.807) is 0 Å². The standard InChI is InChI=1S/C14H9BrF3NO2/c1-21-7-2-3-8(10(16)4-7)14(20)19-13-5-9(15)11(17)6-12(13)18/h2-6H,1H3,(H,19,20). The van der Waals surface area contributed by atoms with Gasteiger partial charge in [0.05, 0.1) is 22.8 Å². The van der Waals surface area contributed by atoms with Crippen molar-refractivity contribution in [2.24, 2.45) is 0 Å². The first-order chi connectivity index (χ1) is 9.92. The molecule has 0 aromatic heterocycles. The molecule has 3 nitrogen and oxygen atoms in total. The lowest BCUT2D eigenvalue weighted by Crippen LogP contribution is -2.15. The summed E-state index contributed by atoms with van der Waals surface area (Å²) in [5.74, 6) is -3.18. The van der Waals surface area contributed by atoms with Crippen molar-refractivity contribution in [2.45, 2.75) is 0 Å². The van der Waals surface area contributed by atoms with E-state index in [0.717, 1.165) is 12.1 Å². The van der Waals surface area contributed by atoms with Crippen LogP contribution in [0.3, 0.4) is 0 Å². The fourth-order valence-electron chi connectivity index (χ4n) is 1.61. The lowest BCUT2D eigenvalue weighted by Gasteiger charge is -2.09. The van der Waals surface area contributed by atoms with Crippen LogP contribution < -0.4 is 10.1 Å². The average molecular weight is 360 g/mol. The zero-order valence-corrected chi connectivity index (χ0v) is 12.3. The Morgan fingerprint density at radius 3 is 2.43 bits per heavy atom. The summed E-state index contributed by atoms with van der Waals surface area (Å²) in [5, 5.41) is 2.18. The summed E-state index contributed by atoms with van der Waals surface area (Å²) in [7, 11) is 1.36. The normalized spacial score (nSPS) is 10.3. The van der Waals surface area contributed by atoms with Crippen LogP contribution in [0.1, 0.15) is 10.4 Å². The molecule has 1 N–H and O–H groups in total. The molecule has 0 spiro atoms. The second-order valence-electron chi connectivity index (χ2n) is 4.05. The van der Waals surface area contributed by atoms with Gasteiger partial charge in [-0.2, -0.15) is 0 Å². The Morgan fingerprint density at radius 2 is 1.81 bits per heavy atom. The molecule has 0 aliphatic heterocycles. The molecule has 1 amide bonds. The number of halogens is 4. The minimum Gasteiger partial charge on any atom is -0.497 e. The van der Waals surface area contributed by atoms with Crippen LogP contribution in [-0.4, -0.2) is 13.0 Å². The van der Waals surface area contributed by atoms with Crippen molar-refractivity contribution < 1.29 is 22.7 Å². The number of carbonyl (C=O) groups is 1. The summed E-state index contributed by atoms with van der Waals surface area (Å²) in [6, 6.07) is 5.31. The van der Waals surface area contributed by atoms with E-state index in [0.29, 0.717) is 6.07 Å². The third-order valence-electron chi connectivity index (χ3n) is 2.68. The molecule has 0 saturated heterocycles. The van der Waals surface area contributed by atoms with E-state index in [-0.39, 0.29) is 21.5 Å². The Bertz CT molecular complexity index is 707. The van der Waals surface area contributed by atoms with E-state index < -0.39 is 23.4 Å². The van der Waals surface area contributed by atoms with Crippen LogP contribution in [0.15, 0.2) is 34.8 Å². The van der Waals surface area contributed by atoms with Crippen molar-refractivity contribution in [3.05, 3.63) is 57.8 Å². The number of hydrogen-bond donors (Lipinski definition) is 1. The quantitative estimate of drug-likeness (QED) is 0.836. The first-order valence-electron chi connectivity index (χ1n) is 5.72. The summed E-state index contributed by atoms with van der Waals surface area (Å²) >= 11 is 2.88. The number of rotatable bonds is 3. The van der Waals surface area contributed by atoms with Crippen LogP contribution in [0.5, 0.6) is 5.75 Å². The van der Waals surface area contributed by atoms with Crippen LogP contribution in [0, 0.1) is 17.5 Å². The molecule has 7 heteroatoms. The largest absolute Gasteiger partial charge is 0.497 e. The maximum absolute atomic E-state index is 13.7. The topological polar surface area (TPSA) is 38.3 Å². The minimum absolute atomic E-state index is 0.0191. The first kappa shape index (κ1) is 15.4. The lowest BCUT2D eigenvalue weighted by atomic mass is 10.2. The highest BCUT2D eigenvalue weighted by atomic mass is 79.9. The maximum Gasteiger partial charge on any atom is 0.258 e. The third kappa shape index (κ3) is 3.36.